The minimum atomic E-state index is 0.412. The van der Waals surface area contributed by atoms with Crippen molar-refractivity contribution < 1.29 is 9.13 Å². The van der Waals surface area contributed by atoms with E-state index in [1.54, 1.807) is 0 Å². The third-order valence-electron chi connectivity index (χ3n) is 5.62. The SMILES string of the molecule is Cc1cc(-c2n(C(C)C)cc[n+]2C)c(C)c(-[n+]2cc3ccccc3cc2C)c1. The largest absolute Gasteiger partial charge is 0.289 e. The van der Waals surface area contributed by atoms with Crippen molar-refractivity contribution in [2.45, 2.75) is 40.7 Å². The number of nitrogens with zero attached hydrogens (tertiary/aromatic N) is 3. The molecule has 28 heavy (non-hydrogen) atoms. The molecule has 0 radical (unpaired) electrons. The average Bonchev–Trinajstić information content (AvgIpc) is 3.04. The highest BCUT2D eigenvalue weighted by Gasteiger charge is 2.26. The van der Waals surface area contributed by atoms with Gasteiger partial charge in [0, 0.05) is 30.0 Å². The molecular formula is C25H29N3+2. The van der Waals surface area contributed by atoms with Crippen LogP contribution in [0.4, 0.5) is 0 Å². The van der Waals surface area contributed by atoms with Crippen LogP contribution in [0.1, 0.15) is 36.7 Å². The zero-order valence-corrected chi connectivity index (χ0v) is 17.7. The average molecular weight is 372 g/mol. The van der Waals surface area contributed by atoms with E-state index in [2.05, 4.69) is 116 Å². The second-order valence-electron chi connectivity index (χ2n) is 8.10. The third kappa shape index (κ3) is 3.01. The fraction of sp³-hybridized carbons (Fsp3) is 0.280. The summed E-state index contributed by atoms with van der Waals surface area (Å²) in [4.78, 5) is 0. The highest BCUT2D eigenvalue weighted by molar-refractivity contribution is 5.81. The first kappa shape index (κ1) is 18.4. The molecule has 3 heteroatoms. The molecule has 3 nitrogen and oxygen atoms in total. The van der Waals surface area contributed by atoms with Crippen LogP contribution in [-0.2, 0) is 7.05 Å². The molecule has 2 aromatic heterocycles. The number of hydrogen-bond acceptors (Lipinski definition) is 0. The topological polar surface area (TPSA) is 12.7 Å². The van der Waals surface area contributed by atoms with Gasteiger partial charge < -0.3 is 0 Å². The van der Waals surface area contributed by atoms with Gasteiger partial charge in [0.15, 0.2) is 11.9 Å². The van der Waals surface area contributed by atoms with Gasteiger partial charge in [0.25, 0.3) is 5.82 Å². The minimum Gasteiger partial charge on any atom is -0.233 e. The summed E-state index contributed by atoms with van der Waals surface area (Å²) in [5, 5.41) is 2.54. The first-order valence-electron chi connectivity index (χ1n) is 9.96. The molecule has 2 heterocycles. The molecule has 0 saturated carbocycles. The van der Waals surface area contributed by atoms with Crippen molar-refractivity contribution in [3.05, 3.63) is 77.9 Å². The van der Waals surface area contributed by atoms with Crippen LogP contribution in [0, 0.1) is 20.8 Å². The molecule has 0 fully saturated rings. The molecule has 4 aromatic rings. The quantitative estimate of drug-likeness (QED) is 0.454. The number of hydrogen-bond donors (Lipinski definition) is 0. The molecule has 0 aliphatic rings. The van der Waals surface area contributed by atoms with E-state index in [-0.39, 0.29) is 0 Å². The molecule has 0 unspecified atom stereocenters. The summed E-state index contributed by atoms with van der Waals surface area (Å²) in [5.74, 6) is 1.25. The molecule has 0 spiro atoms. The van der Waals surface area contributed by atoms with Gasteiger partial charge in [-0.1, -0.05) is 18.2 Å². The summed E-state index contributed by atoms with van der Waals surface area (Å²) in [5.41, 5.74) is 6.34. The maximum absolute atomic E-state index is 2.35. The highest BCUT2D eigenvalue weighted by atomic mass is 15.1. The molecule has 0 aliphatic heterocycles. The van der Waals surface area contributed by atoms with Gasteiger partial charge in [0.05, 0.1) is 18.7 Å². The number of benzene rings is 2. The molecule has 0 bridgehead atoms. The molecule has 0 saturated heterocycles. The number of rotatable bonds is 3. The van der Waals surface area contributed by atoms with E-state index in [0.717, 1.165) is 0 Å². The van der Waals surface area contributed by atoms with E-state index in [0.29, 0.717) is 6.04 Å². The number of imidazole rings is 1. The van der Waals surface area contributed by atoms with Crippen LogP contribution >= 0.6 is 0 Å². The standard InChI is InChI=1S/C25H29N3/c1-17(2)27-12-11-26(6)25(27)23-13-18(3)14-24(20(23)5)28-16-22-10-8-7-9-21(22)15-19(28)4/h7-17H,1-6H3/q+2. The van der Waals surface area contributed by atoms with Crippen molar-refractivity contribution in [3.8, 4) is 17.1 Å². The Morgan fingerprint density at radius 2 is 1.64 bits per heavy atom. The van der Waals surface area contributed by atoms with Crippen LogP contribution < -0.4 is 9.13 Å². The molecule has 0 N–H and O–H groups in total. The van der Waals surface area contributed by atoms with Crippen LogP contribution in [-0.4, -0.2) is 4.57 Å². The van der Waals surface area contributed by atoms with Crippen LogP contribution in [0.3, 0.4) is 0 Å². The maximum atomic E-state index is 2.35. The lowest BCUT2D eigenvalue weighted by atomic mass is 10.0. The van der Waals surface area contributed by atoms with Crippen LogP contribution in [0.2, 0.25) is 0 Å². The lowest BCUT2D eigenvalue weighted by molar-refractivity contribution is -0.659. The second kappa shape index (κ2) is 6.90. The minimum absolute atomic E-state index is 0.412. The molecule has 142 valence electrons. The summed E-state index contributed by atoms with van der Waals surface area (Å²) in [6.07, 6.45) is 6.58. The normalized spacial score (nSPS) is 11.5. The van der Waals surface area contributed by atoms with Crippen LogP contribution in [0.5, 0.6) is 0 Å². The van der Waals surface area contributed by atoms with Crippen molar-refractivity contribution in [2.75, 3.05) is 0 Å². The number of fused-ring (bicyclic) bond motifs is 1. The van der Waals surface area contributed by atoms with Gasteiger partial charge in [-0.2, -0.15) is 4.57 Å². The van der Waals surface area contributed by atoms with Gasteiger partial charge in [-0.25, -0.2) is 9.13 Å². The van der Waals surface area contributed by atoms with Gasteiger partial charge in [-0.3, -0.25) is 0 Å². The number of pyridine rings is 1. The zero-order chi connectivity index (χ0) is 20.0. The van der Waals surface area contributed by atoms with E-state index in [1.807, 2.05) is 0 Å². The zero-order valence-electron chi connectivity index (χ0n) is 17.7. The molecular weight excluding hydrogens is 342 g/mol. The summed E-state index contributed by atoms with van der Waals surface area (Å²) >= 11 is 0. The predicted octanol–water partition coefficient (Wildman–Crippen LogP) is 4.92. The predicted molar refractivity (Wildman–Crippen MR) is 115 cm³/mol. The molecule has 2 aromatic carbocycles. The van der Waals surface area contributed by atoms with Gasteiger partial charge in [-0.15, -0.1) is 0 Å². The molecule has 4 rings (SSSR count). The lowest BCUT2D eigenvalue weighted by Crippen LogP contribution is -2.36. The van der Waals surface area contributed by atoms with Crippen molar-refractivity contribution in [1.29, 1.82) is 0 Å². The Bertz CT molecular complexity index is 1180. The first-order valence-corrected chi connectivity index (χ1v) is 9.96. The van der Waals surface area contributed by atoms with Gasteiger partial charge in [0.1, 0.15) is 12.4 Å². The van der Waals surface area contributed by atoms with E-state index >= 15 is 0 Å². The molecule has 0 amide bonds. The smallest absolute Gasteiger partial charge is 0.233 e. The van der Waals surface area contributed by atoms with Gasteiger partial charge in [-0.05, 0) is 50.8 Å². The van der Waals surface area contributed by atoms with Crippen molar-refractivity contribution in [3.63, 3.8) is 0 Å². The monoisotopic (exact) mass is 371 g/mol. The van der Waals surface area contributed by atoms with Crippen LogP contribution in [0.25, 0.3) is 27.8 Å². The Labute approximate surface area is 167 Å². The fourth-order valence-corrected chi connectivity index (χ4v) is 4.12. The number of aryl methyl sites for hydroxylation is 3. The summed E-state index contributed by atoms with van der Waals surface area (Å²) in [6.45, 7) is 11.1. The van der Waals surface area contributed by atoms with Crippen molar-refractivity contribution in [2.24, 2.45) is 7.05 Å². The Morgan fingerprint density at radius 3 is 2.36 bits per heavy atom. The highest BCUT2D eigenvalue weighted by Crippen LogP contribution is 2.28. The third-order valence-corrected chi connectivity index (χ3v) is 5.62. The maximum Gasteiger partial charge on any atom is 0.289 e. The second-order valence-corrected chi connectivity index (χ2v) is 8.10. The first-order chi connectivity index (χ1) is 13.4. The van der Waals surface area contributed by atoms with Crippen LogP contribution in [0.15, 0.2) is 61.1 Å². The number of aromatic nitrogens is 3. The van der Waals surface area contributed by atoms with Gasteiger partial charge >= 0.3 is 0 Å². The van der Waals surface area contributed by atoms with E-state index in [1.165, 1.54) is 44.7 Å². The Kier molecular flexibility index (Phi) is 4.54. The summed E-state index contributed by atoms with van der Waals surface area (Å²) < 4.78 is 6.91. The summed E-state index contributed by atoms with van der Waals surface area (Å²) in [7, 11) is 2.13. The van der Waals surface area contributed by atoms with E-state index in [4.69, 9.17) is 0 Å². The Morgan fingerprint density at radius 1 is 0.929 bits per heavy atom. The fourth-order valence-electron chi connectivity index (χ4n) is 4.12. The Balaban J connectivity index is 1.99. The van der Waals surface area contributed by atoms with Gasteiger partial charge in [0.2, 0.25) is 5.69 Å². The van der Waals surface area contributed by atoms with Crippen molar-refractivity contribution in [1.82, 2.24) is 4.57 Å². The van der Waals surface area contributed by atoms with E-state index in [9.17, 15) is 0 Å². The van der Waals surface area contributed by atoms with E-state index < -0.39 is 0 Å². The molecule has 0 atom stereocenters. The molecule has 0 aliphatic carbocycles. The summed E-state index contributed by atoms with van der Waals surface area (Å²) in [6, 6.07) is 15.8. The lowest BCUT2D eigenvalue weighted by Gasteiger charge is -2.12. The van der Waals surface area contributed by atoms with Crippen molar-refractivity contribution >= 4 is 10.8 Å². The Hall–Kier alpha value is -2.94.